The predicted octanol–water partition coefficient (Wildman–Crippen LogP) is 3.22. The van der Waals surface area contributed by atoms with Gasteiger partial charge in [0.25, 0.3) is 5.91 Å². The highest BCUT2D eigenvalue weighted by molar-refractivity contribution is 9.10. The van der Waals surface area contributed by atoms with Gasteiger partial charge in [-0.05, 0) is 39.0 Å². The average Bonchev–Trinajstić information content (AvgIpc) is 2.35. The molecule has 100 valence electrons. The summed E-state index contributed by atoms with van der Waals surface area (Å²) < 4.78 is 19.6. The first kappa shape index (κ1) is 15.0. The molecule has 0 radical (unpaired) electrons. The normalized spacial score (nSPS) is 12.1. The molecule has 1 amide bonds. The lowest BCUT2D eigenvalue weighted by Gasteiger charge is -2.23. The number of rotatable bonds is 5. The smallest absolute Gasteiger partial charge is 0.263 e. The second kappa shape index (κ2) is 6.73. The Kier molecular flexibility index (Phi) is 5.59. The van der Waals surface area contributed by atoms with Crippen molar-refractivity contribution in [1.29, 1.82) is 0 Å². The van der Waals surface area contributed by atoms with E-state index in [0.29, 0.717) is 17.6 Å². The summed E-state index contributed by atoms with van der Waals surface area (Å²) in [5.41, 5.74) is 0. The minimum Gasteiger partial charge on any atom is -0.478 e. The molecule has 0 aromatic heterocycles. The number of halogens is 2. The molecule has 5 heteroatoms. The Bertz CT molecular complexity index is 421. The van der Waals surface area contributed by atoms with Gasteiger partial charge >= 0.3 is 0 Å². The summed E-state index contributed by atoms with van der Waals surface area (Å²) in [5, 5.41) is 0. The van der Waals surface area contributed by atoms with Crippen LogP contribution in [0.25, 0.3) is 0 Å². The van der Waals surface area contributed by atoms with Gasteiger partial charge in [-0.15, -0.1) is 0 Å². The van der Waals surface area contributed by atoms with Crippen molar-refractivity contribution in [3.63, 3.8) is 0 Å². The van der Waals surface area contributed by atoms with Crippen LogP contribution in [0.15, 0.2) is 22.7 Å². The average molecular weight is 318 g/mol. The van der Waals surface area contributed by atoms with Gasteiger partial charge < -0.3 is 9.64 Å². The molecule has 0 aliphatic carbocycles. The van der Waals surface area contributed by atoms with E-state index in [4.69, 9.17) is 4.74 Å². The van der Waals surface area contributed by atoms with Gasteiger partial charge in [-0.1, -0.05) is 15.9 Å². The van der Waals surface area contributed by atoms with Gasteiger partial charge in [-0.25, -0.2) is 4.39 Å². The number of carbonyl (C=O) groups is 1. The van der Waals surface area contributed by atoms with Crippen LogP contribution in [0.2, 0.25) is 0 Å². The van der Waals surface area contributed by atoms with Crippen LogP contribution in [0.1, 0.15) is 20.8 Å². The maximum atomic E-state index is 13.5. The minimum absolute atomic E-state index is 0.0809. The fraction of sp³-hybridized carbons (Fsp3) is 0.462. The van der Waals surface area contributed by atoms with E-state index in [0.717, 1.165) is 0 Å². The molecule has 1 aromatic carbocycles. The zero-order valence-corrected chi connectivity index (χ0v) is 12.3. The first-order chi connectivity index (χ1) is 8.49. The van der Waals surface area contributed by atoms with Gasteiger partial charge in [0.15, 0.2) is 17.7 Å². The summed E-state index contributed by atoms with van der Waals surface area (Å²) in [6.07, 6.45) is -0.700. The lowest BCUT2D eigenvalue weighted by Crippen LogP contribution is -2.40. The third-order valence-corrected chi connectivity index (χ3v) is 3.11. The van der Waals surface area contributed by atoms with E-state index in [-0.39, 0.29) is 11.7 Å². The Balaban J connectivity index is 2.77. The van der Waals surface area contributed by atoms with E-state index in [9.17, 15) is 9.18 Å². The first-order valence-corrected chi connectivity index (χ1v) is 6.69. The number of benzene rings is 1. The zero-order chi connectivity index (χ0) is 13.7. The highest BCUT2D eigenvalue weighted by Gasteiger charge is 2.20. The van der Waals surface area contributed by atoms with Gasteiger partial charge in [0, 0.05) is 17.6 Å². The summed E-state index contributed by atoms with van der Waals surface area (Å²) in [6, 6.07) is 4.40. The molecule has 0 N–H and O–H groups in total. The molecule has 0 spiro atoms. The summed E-state index contributed by atoms with van der Waals surface area (Å²) in [4.78, 5) is 13.6. The van der Waals surface area contributed by atoms with Crippen molar-refractivity contribution in [3.8, 4) is 5.75 Å². The van der Waals surface area contributed by atoms with Gasteiger partial charge in [-0.3, -0.25) is 4.79 Å². The van der Waals surface area contributed by atoms with Crippen LogP contribution < -0.4 is 4.74 Å². The maximum absolute atomic E-state index is 13.5. The minimum atomic E-state index is -0.700. The third kappa shape index (κ3) is 3.70. The Morgan fingerprint density at radius 3 is 2.61 bits per heavy atom. The van der Waals surface area contributed by atoms with Crippen LogP contribution in [0.4, 0.5) is 4.39 Å². The topological polar surface area (TPSA) is 29.5 Å². The van der Waals surface area contributed by atoms with E-state index in [1.165, 1.54) is 12.1 Å². The van der Waals surface area contributed by atoms with Crippen LogP contribution in [-0.4, -0.2) is 30.0 Å². The molecule has 18 heavy (non-hydrogen) atoms. The van der Waals surface area contributed by atoms with E-state index in [2.05, 4.69) is 15.9 Å². The van der Waals surface area contributed by atoms with Crippen LogP contribution >= 0.6 is 15.9 Å². The lowest BCUT2D eigenvalue weighted by molar-refractivity contribution is -0.137. The van der Waals surface area contributed by atoms with E-state index in [1.54, 1.807) is 17.9 Å². The molecule has 3 nitrogen and oxygen atoms in total. The SMILES string of the molecule is CCN(CC)C(=O)C(C)Oc1cc(Br)ccc1F. The number of likely N-dealkylation sites (N-methyl/N-ethyl adjacent to an activating group) is 1. The summed E-state index contributed by atoms with van der Waals surface area (Å²) in [5.74, 6) is -0.533. The van der Waals surface area contributed by atoms with Crippen LogP contribution in [0, 0.1) is 5.82 Å². The number of hydrogen-bond acceptors (Lipinski definition) is 2. The van der Waals surface area contributed by atoms with E-state index in [1.807, 2.05) is 13.8 Å². The van der Waals surface area contributed by atoms with Crippen molar-refractivity contribution in [1.82, 2.24) is 4.90 Å². The second-order valence-electron chi connectivity index (χ2n) is 3.85. The molecule has 1 rings (SSSR count). The van der Waals surface area contributed by atoms with Crippen LogP contribution in [-0.2, 0) is 4.79 Å². The summed E-state index contributed by atoms with van der Waals surface area (Å²) in [6.45, 7) is 6.65. The fourth-order valence-corrected chi connectivity index (χ4v) is 1.94. The molecule has 0 bridgehead atoms. The van der Waals surface area contributed by atoms with Crippen molar-refractivity contribution in [3.05, 3.63) is 28.5 Å². The number of carbonyl (C=O) groups excluding carboxylic acids is 1. The zero-order valence-electron chi connectivity index (χ0n) is 10.7. The van der Waals surface area contributed by atoms with Gasteiger partial charge in [0.05, 0.1) is 0 Å². The number of nitrogens with zero attached hydrogens (tertiary/aromatic N) is 1. The lowest BCUT2D eigenvalue weighted by atomic mass is 10.3. The van der Waals surface area contributed by atoms with Crippen molar-refractivity contribution >= 4 is 21.8 Å². The Morgan fingerprint density at radius 2 is 2.06 bits per heavy atom. The largest absolute Gasteiger partial charge is 0.478 e. The molecule has 1 aromatic rings. The Morgan fingerprint density at radius 1 is 1.44 bits per heavy atom. The second-order valence-corrected chi connectivity index (χ2v) is 4.76. The quantitative estimate of drug-likeness (QED) is 0.834. The number of ether oxygens (including phenoxy) is 1. The van der Waals surface area contributed by atoms with Gasteiger partial charge in [0.2, 0.25) is 0 Å². The third-order valence-electron chi connectivity index (χ3n) is 2.62. The van der Waals surface area contributed by atoms with E-state index < -0.39 is 11.9 Å². The molecule has 1 unspecified atom stereocenters. The molecule has 1 atom stereocenters. The maximum Gasteiger partial charge on any atom is 0.263 e. The number of amides is 1. The first-order valence-electron chi connectivity index (χ1n) is 5.90. The van der Waals surface area contributed by atoms with Gasteiger partial charge in [-0.2, -0.15) is 0 Å². The molecule has 0 aliphatic heterocycles. The standard InChI is InChI=1S/C13H17BrFNO2/c1-4-16(5-2)13(17)9(3)18-12-8-10(14)6-7-11(12)15/h6-9H,4-5H2,1-3H3. The summed E-state index contributed by atoms with van der Waals surface area (Å²) in [7, 11) is 0. The fourth-order valence-electron chi connectivity index (χ4n) is 1.60. The molecule has 0 fully saturated rings. The molecular formula is C13H17BrFNO2. The van der Waals surface area contributed by atoms with Crippen molar-refractivity contribution < 1.29 is 13.9 Å². The Labute approximate surface area is 115 Å². The molecule has 0 heterocycles. The predicted molar refractivity (Wildman–Crippen MR) is 72.1 cm³/mol. The molecule has 0 saturated heterocycles. The molecular weight excluding hydrogens is 301 g/mol. The van der Waals surface area contributed by atoms with Gasteiger partial charge in [0.1, 0.15) is 0 Å². The number of hydrogen-bond donors (Lipinski definition) is 0. The van der Waals surface area contributed by atoms with Crippen molar-refractivity contribution in [2.75, 3.05) is 13.1 Å². The molecule has 0 aliphatic rings. The van der Waals surface area contributed by atoms with Crippen LogP contribution in [0.3, 0.4) is 0 Å². The molecule has 0 saturated carbocycles. The Hall–Kier alpha value is -1.10. The summed E-state index contributed by atoms with van der Waals surface area (Å²) >= 11 is 3.24. The van der Waals surface area contributed by atoms with Crippen molar-refractivity contribution in [2.45, 2.75) is 26.9 Å². The van der Waals surface area contributed by atoms with Crippen LogP contribution in [0.5, 0.6) is 5.75 Å². The monoisotopic (exact) mass is 317 g/mol. The highest BCUT2D eigenvalue weighted by Crippen LogP contribution is 2.23. The highest BCUT2D eigenvalue weighted by atomic mass is 79.9. The van der Waals surface area contributed by atoms with Crippen molar-refractivity contribution in [2.24, 2.45) is 0 Å². The van der Waals surface area contributed by atoms with E-state index >= 15 is 0 Å².